The summed E-state index contributed by atoms with van der Waals surface area (Å²) in [7, 11) is 0. The van der Waals surface area contributed by atoms with Gasteiger partial charge in [0, 0.05) is 17.8 Å². The number of hydrogen-bond donors (Lipinski definition) is 2. The molecule has 0 aliphatic rings. The zero-order valence-corrected chi connectivity index (χ0v) is 15.9. The Kier molecular flexibility index (Phi) is 5.74. The third-order valence-electron chi connectivity index (χ3n) is 3.53. The van der Waals surface area contributed by atoms with Crippen LogP contribution in [0.4, 0.5) is 13.9 Å². The minimum absolute atomic E-state index is 0.0876. The van der Waals surface area contributed by atoms with Crippen LogP contribution in [0.5, 0.6) is 0 Å². The van der Waals surface area contributed by atoms with Crippen molar-refractivity contribution in [3.05, 3.63) is 18.1 Å². The van der Waals surface area contributed by atoms with Gasteiger partial charge in [0.2, 0.25) is 11.8 Å². The number of anilines is 1. The van der Waals surface area contributed by atoms with Crippen molar-refractivity contribution in [1.29, 1.82) is 0 Å². The summed E-state index contributed by atoms with van der Waals surface area (Å²) in [5.74, 6) is -0.611. The van der Waals surface area contributed by atoms with E-state index in [1.54, 1.807) is 34.6 Å². The summed E-state index contributed by atoms with van der Waals surface area (Å²) in [6.07, 6.45) is 2.46. The SMILES string of the molecule is Cc1nc(NC(=O)[C@@H](C)NC(=O)C(C)(C)C)sc1-c1nccn1C(F)F. The monoisotopic (exact) mass is 385 g/mol. The predicted octanol–water partition coefficient (Wildman–Crippen LogP) is 3.20. The lowest BCUT2D eigenvalue weighted by Crippen LogP contribution is -2.46. The van der Waals surface area contributed by atoms with Crippen LogP contribution < -0.4 is 10.6 Å². The highest BCUT2D eigenvalue weighted by Crippen LogP contribution is 2.33. The molecule has 0 saturated carbocycles. The van der Waals surface area contributed by atoms with Crippen LogP contribution in [0, 0.1) is 12.3 Å². The van der Waals surface area contributed by atoms with Crippen molar-refractivity contribution < 1.29 is 18.4 Å². The number of alkyl halides is 2. The first-order valence-corrected chi connectivity index (χ1v) is 8.73. The molecule has 0 radical (unpaired) electrons. The highest BCUT2D eigenvalue weighted by atomic mass is 32.1. The van der Waals surface area contributed by atoms with Crippen LogP contribution >= 0.6 is 11.3 Å². The molecule has 142 valence electrons. The van der Waals surface area contributed by atoms with Gasteiger partial charge in [-0.15, -0.1) is 0 Å². The zero-order valence-electron chi connectivity index (χ0n) is 15.1. The molecule has 10 heteroatoms. The number of aromatic nitrogens is 3. The van der Waals surface area contributed by atoms with Crippen molar-refractivity contribution >= 4 is 28.3 Å². The molecule has 0 aliphatic carbocycles. The largest absolute Gasteiger partial charge is 0.344 e. The molecule has 2 heterocycles. The predicted molar refractivity (Wildman–Crippen MR) is 95.0 cm³/mol. The van der Waals surface area contributed by atoms with Crippen molar-refractivity contribution in [1.82, 2.24) is 19.9 Å². The van der Waals surface area contributed by atoms with E-state index in [1.807, 2.05) is 0 Å². The van der Waals surface area contributed by atoms with Gasteiger partial charge in [-0.05, 0) is 13.8 Å². The summed E-state index contributed by atoms with van der Waals surface area (Å²) in [5.41, 5.74) is -0.143. The Balaban J connectivity index is 2.13. The quantitative estimate of drug-likeness (QED) is 0.827. The number of carbonyl (C=O) groups excluding carboxylic acids is 2. The summed E-state index contributed by atoms with van der Waals surface area (Å²) in [6.45, 7) is 5.72. The summed E-state index contributed by atoms with van der Waals surface area (Å²) >= 11 is 1.05. The number of carbonyl (C=O) groups is 2. The number of amides is 2. The molecule has 0 spiro atoms. The second-order valence-electron chi connectivity index (χ2n) is 6.80. The van der Waals surface area contributed by atoms with E-state index in [-0.39, 0.29) is 16.9 Å². The van der Waals surface area contributed by atoms with Crippen molar-refractivity contribution in [3.63, 3.8) is 0 Å². The molecule has 0 unspecified atom stereocenters. The molecule has 0 fully saturated rings. The van der Waals surface area contributed by atoms with Gasteiger partial charge >= 0.3 is 6.55 Å². The van der Waals surface area contributed by atoms with E-state index in [1.165, 1.54) is 12.4 Å². The molecular formula is C16H21F2N5O2S. The van der Waals surface area contributed by atoms with Crippen molar-refractivity contribution in [3.8, 4) is 10.7 Å². The average molecular weight is 385 g/mol. The van der Waals surface area contributed by atoms with E-state index in [4.69, 9.17) is 0 Å². The number of aryl methyl sites for hydroxylation is 1. The Bertz CT molecular complexity index is 810. The van der Waals surface area contributed by atoms with Gasteiger partial charge in [0.05, 0.1) is 10.6 Å². The van der Waals surface area contributed by atoms with Gasteiger partial charge in [-0.1, -0.05) is 32.1 Å². The van der Waals surface area contributed by atoms with Crippen LogP contribution in [0.25, 0.3) is 10.7 Å². The van der Waals surface area contributed by atoms with E-state index in [0.29, 0.717) is 10.6 Å². The summed E-state index contributed by atoms with van der Waals surface area (Å²) < 4.78 is 26.8. The molecular weight excluding hydrogens is 364 g/mol. The molecule has 0 aliphatic heterocycles. The first-order chi connectivity index (χ1) is 12.0. The van der Waals surface area contributed by atoms with Gasteiger partial charge in [0.15, 0.2) is 11.0 Å². The van der Waals surface area contributed by atoms with Crippen molar-refractivity contribution in [2.75, 3.05) is 5.32 Å². The maximum Gasteiger partial charge on any atom is 0.320 e. The van der Waals surface area contributed by atoms with Crippen LogP contribution in [0.15, 0.2) is 12.4 Å². The van der Waals surface area contributed by atoms with Gasteiger partial charge < -0.3 is 10.6 Å². The lowest BCUT2D eigenvalue weighted by atomic mass is 9.95. The molecule has 1 atom stereocenters. The second kappa shape index (κ2) is 7.48. The van der Waals surface area contributed by atoms with Crippen LogP contribution in [0.1, 0.15) is 39.9 Å². The molecule has 2 N–H and O–H groups in total. The van der Waals surface area contributed by atoms with E-state index in [9.17, 15) is 18.4 Å². The molecule has 0 saturated heterocycles. The third kappa shape index (κ3) is 4.43. The standard InChI is InChI=1S/C16H21F2N5O2S/c1-8-10(11-19-6-7-23(11)14(17)18)26-15(21-8)22-12(24)9(2)20-13(25)16(3,4)5/h6-7,9,14H,1-5H3,(H,20,25)(H,21,22,24)/t9-/m1/s1. The first kappa shape index (κ1) is 20.0. The van der Waals surface area contributed by atoms with Gasteiger partial charge in [-0.3, -0.25) is 14.2 Å². The molecule has 0 aromatic carbocycles. The number of rotatable bonds is 5. The van der Waals surface area contributed by atoms with E-state index >= 15 is 0 Å². The van der Waals surface area contributed by atoms with Crippen molar-refractivity contribution in [2.24, 2.45) is 5.41 Å². The minimum atomic E-state index is -2.72. The van der Waals surface area contributed by atoms with Gasteiger partial charge in [0.25, 0.3) is 0 Å². The van der Waals surface area contributed by atoms with E-state index in [2.05, 4.69) is 20.6 Å². The lowest BCUT2D eigenvalue weighted by molar-refractivity contribution is -0.131. The number of nitrogens with zero attached hydrogens (tertiary/aromatic N) is 3. The third-order valence-corrected chi connectivity index (χ3v) is 4.60. The summed E-state index contributed by atoms with van der Waals surface area (Å²) in [5, 5.41) is 5.48. The minimum Gasteiger partial charge on any atom is -0.344 e. The highest BCUT2D eigenvalue weighted by Gasteiger charge is 2.26. The average Bonchev–Trinajstić information content (AvgIpc) is 3.12. The normalized spacial score (nSPS) is 12.9. The number of imidazole rings is 1. The number of hydrogen-bond acceptors (Lipinski definition) is 5. The Morgan fingerprint density at radius 2 is 1.96 bits per heavy atom. The fourth-order valence-corrected chi connectivity index (χ4v) is 2.97. The highest BCUT2D eigenvalue weighted by molar-refractivity contribution is 7.19. The topological polar surface area (TPSA) is 88.9 Å². The summed E-state index contributed by atoms with van der Waals surface area (Å²) in [6, 6.07) is -0.766. The Morgan fingerprint density at radius 3 is 2.54 bits per heavy atom. The Hall–Kier alpha value is -2.36. The summed E-state index contributed by atoms with van der Waals surface area (Å²) in [4.78, 5) is 32.8. The smallest absolute Gasteiger partial charge is 0.320 e. The Labute approximate surface area is 153 Å². The molecule has 2 rings (SSSR count). The molecule has 7 nitrogen and oxygen atoms in total. The Morgan fingerprint density at radius 1 is 1.31 bits per heavy atom. The number of halogens is 2. The fraction of sp³-hybridized carbons (Fsp3) is 0.500. The molecule has 26 heavy (non-hydrogen) atoms. The van der Waals surface area contributed by atoms with E-state index in [0.717, 1.165) is 15.9 Å². The van der Waals surface area contributed by atoms with Crippen LogP contribution in [0.3, 0.4) is 0 Å². The van der Waals surface area contributed by atoms with E-state index < -0.39 is 23.9 Å². The van der Waals surface area contributed by atoms with Gasteiger partial charge in [-0.25, -0.2) is 9.97 Å². The first-order valence-electron chi connectivity index (χ1n) is 7.91. The number of nitrogens with one attached hydrogen (secondary N) is 2. The lowest BCUT2D eigenvalue weighted by Gasteiger charge is -2.21. The maximum absolute atomic E-state index is 13.0. The fourth-order valence-electron chi connectivity index (χ4n) is 2.00. The molecule has 2 aromatic rings. The number of thiazole rings is 1. The zero-order chi connectivity index (χ0) is 19.6. The molecule has 2 aromatic heterocycles. The second-order valence-corrected chi connectivity index (χ2v) is 7.80. The molecule has 2 amide bonds. The molecule has 0 bridgehead atoms. The van der Waals surface area contributed by atoms with Crippen LogP contribution in [-0.4, -0.2) is 32.4 Å². The van der Waals surface area contributed by atoms with Crippen molar-refractivity contribution in [2.45, 2.75) is 47.2 Å². The van der Waals surface area contributed by atoms with Crippen LogP contribution in [0.2, 0.25) is 0 Å². The maximum atomic E-state index is 13.0. The van der Waals surface area contributed by atoms with Gasteiger partial charge in [-0.2, -0.15) is 8.78 Å². The van der Waals surface area contributed by atoms with Gasteiger partial charge in [0.1, 0.15) is 6.04 Å². The van der Waals surface area contributed by atoms with Crippen LogP contribution in [-0.2, 0) is 9.59 Å².